The topological polar surface area (TPSA) is 53.1 Å². The SMILES string of the molecule is Cn1nc(COc2ccc(F)cc2N)c2ccccc21. The van der Waals surface area contributed by atoms with Gasteiger partial charge in [0.05, 0.1) is 11.2 Å². The summed E-state index contributed by atoms with van der Waals surface area (Å²) in [5, 5.41) is 5.47. The van der Waals surface area contributed by atoms with Crippen LogP contribution < -0.4 is 10.5 Å². The molecule has 2 aromatic carbocycles. The van der Waals surface area contributed by atoms with E-state index in [9.17, 15) is 4.39 Å². The van der Waals surface area contributed by atoms with Crippen molar-refractivity contribution in [1.29, 1.82) is 0 Å². The normalized spacial score (nSPS) is 10.9. The molecule has 0 saturated carbocycles. The van der Waals surface area contributed by atoms with Gasteiger partial charge < -0.3 is 10.5 Å². The first-order valence-electron chi connectivity index (χ1n) is 6.23. The van der Waals surface area contributed by atoms with Crippen LogP contribution in [0, 0.1) is 5.82 Å². The van der Waals surface area contributed by atoms with Gasteiger partial charge in [-0.1, -0.05) is 18.2 Å². The van der Waals surface area contributed by atoms with Crippen molar-refractivity contribution >= 4 is 16.6 Å². The fourth-order valence-electron chi connectivity index (χ4n) is 2.19. The van der Waals surface area contributed by atoms with Gasteiger partial charge in [-0.05, 0) is 18.2 Å². The van der Waals surface area contributed by atoms with Crippen LogP contribution in [0.15, 0.2) is 42.5 Å². The van der Waals surface area contributed by atoms with Crippen molar-refractivity contribution in [2.24, 2.45) is 7.05 Å². The monoisotopic (exact) mass is 271 g/mol. The second-order valence-electron chi connectivity index (χ2n) is 4.56. The quantitative estimate of drug-likeness (QED) is 0.745. The van der Waals surface area contributed by atoms with Gasteiger partial charge in [0.1, 0.15) is 23.9 Å². The van der Waals surface area contributed by atoms with Crippen LogP contribution >= 0.6 is 0 Å². The van der Waals surface area contributed by atoms with E-state index in [1.807, 2.05) is 36.0 Å². The molecule has 1 aromatic heterocycles. The van der Waals surface area contributed by atoms with Crippen molar-refractivity contribution in [3.8, 4) is 5.75 Å². The summed E-state index contributed by atoms with van der Waals surface area (Å²) in [5.74, 6) is 0.0827. The van der Waals surface area contributed by atoms with E-state index in [4.69, 9.17) is 10.5 Å². The summed E-state index contributed by atoms with van der Waals surface area (Å²) in [7, 11) is 1.89. The molecular weight excluding hydrogens is 257 g/mol. The lowest BCUT2D eigenvalue weighted by Crippen LogP contribution is -2.01. The zero-order chi connectivity index (χ0) is 14.1. The Morgan fingerprint density at radius 3 is 2.85 bits per heavy atom. The Labute approximate surface area is 115 Å². The summed E-state index contributed by atoms with van der Waals surface area (Å²) in [4.78, 5) is 0. The molecule has 0 fully saturated rings. The average Bonchev–Trinajstić information content (AvgIpc) is 2.75. The van der Waals surface area contributed by atoms with Gasteiger partial charge in [-0.3, -0.25) is 4.68 Å². The molecule has 0 bridgehead atoms. The van der Waals surface area contributed by atoms with E-state index in [2.05, 4.69) is 5.10 Å². The highest BCUT2D eigenvalue weighted by molar-refractivity contribution is 5.81. The molecule has 0 amide bonds. The molecule has 1 heterocycles. The molecule has 3 aromatic rings. The smallest absolute Gasteiger partial charge is 0.142 e. The Hall–Kier alpha value is -2.56. The largest absolute Gasteiger partial charge is 0.485 e. The van der Waals surface area contributed by atoms with Crippen LogP contribution in [0.25, 0.3) is 10.9 Å². The van der Waals surface area contributed by atoms with E-state index in [0.717, 1.165) is 16.6 Å². The van der Waals surface area contributed by atoms with Crippen molar-refractivity contribution in [2.45, 2.75) is 6.61 Å². The zero-order valence-corrected chi connectivity index (χ0v) is 11.0. The number of para-hydroxylation sites is 1. The molecule has 0 saturated heterocycles. The fourth-order valence-corrected chi connectivity index (χ4v) is 2.19. The molecule has 0 atom stereocenters. The summed E-state index contributed by atoms with van der Waals surface area (Å²) in [6.07, 6.45) is 0. The number of benzene rings is 2. The number of aromatic nitrogens is 2. The number of nitrogen functional groups attached to an aromatic ring is 1. The number of aryl methyl sites for hydroxylation is 1. The summed E-state index contributed by atoms with van der Waals surface area (Å²) in [5.41, 5.74) is 7.86. The minimum absolute atomic E-state index is 0.283. The number of ether oxygens (including phenoxy) is 1. The van der Waals surface area contributed by atoms with E-state index in [0.29, 0.717) is 5.75 Å². The average molecular weight is 271 g/mol. The van der Waals surface area contributed by atoms with E-state index >= 15 is 0 Å². The van der Waals surface area contributed by atoms with Gasteiger partial charge in [0.2, 0.25) is 0 Å². The third-order valence-corrected chi connectivity index (χ3v) is 3.17. The van der Waals surface area contributed by atoms with E-state index < -0.39 is 0 Å². The number of hydrogen-bond donors (Lipinski definition) is 1. The number of rotatable bonds is 3. The number of nitrogens with zero attached hydrogens (tertiary/aromatic N) is 2. The first-order chi connectivity index (χ1) is 9.65. The van der Waals surface area contributed by atoms with Crippen LogP contribution in [0.1, 0.15) is 5.69 Å². The molecule has 20 heavy (non-hydrogen) atoms. The van der Waals surface area contributed by atoms with Gasteiger partial charge >= 0.3 is 0 Å². The Kier molecular flexibility index (Phi) is 3.02. The Morgan fingerprint density at radius 1 is 1.25 bits per heavy atom. The number of hydrogen-bond acceptors (Lipinski definition) is 3. The molecule has 0 unspecified atom stereocenters. The molecule has 3 rings (SSSR count). The maximum absolute atomic E-state index is 13.0. The van der Waals surface area contributed by atoms with Crippen LogP contribution in [-0.2, 0) is 13.7 Å². The third kappa shape index (κ3) is 2.18. The summed E-state index contributed by atoms with van der Waals surface area (Å²) >= 11 is 0. The molecule has 2 N–H and O–H groups in total. The molecule has 5 heteroatoms. The molecular formula is C15H14FN3O. The predicted molar refractivity (Wildman–Crippen MR) is 75.9 cm³/mol. The van der Waals surface area contributed by atoms with Crippen molar-refractivity contribution < 1.29 is 9.13 Å². The number of halogens is 1. The van der Waals surface area contributed by atoms with Gasteiger partial charge in [0.15, 0.2) is 0 Å². The van der Waals surface area contributed by atoms with Gasteiger partial charge in [-0.25, -0.2) is 4.39 Å². The van der Waals surface area contributed by atoms with Crippen LogP contribution in [0.3, 0.4) is 0 Å². The van der Waals surface area contributed by atoms with E-state index in [1.54, 1.807) is 0 Å². The fraction of sp³-hybridized carbons (Fsp3) is 0.133. The minimum Gasteiger partial charge on any atom is -0.485 e. The number of fused-ring (bicyclic) bond motifs is 1. The molecule has 0 aliphatic heterocycles. The third-order valence-electron chi connectivity index (χ3n) is 3.17. The van der Waals surface area contributed by atoms with Gasteiger partial charge in [-0.2, -0.15) is 5.10 Å². The number of anilines is 1. The van der Waals surface area contributed by atoms with Crippen molar-refractivity contribution in [3.63, 3.8) is 0 Å². The summed E-state index contributed by atoms with van der Waals surface area (Å²) < 4.78 is 20.4. The molecule has 0 aliphatic rings. The Balaban J connectivity index is 1.87. The first-order valence-corrected chi connectivity index (χ1v) is 6.23. The maximum Gasteiger partial charge on any atom is 0.142 e. The molecule has 102 valence electrons. The Morgan fingerprint density at radius 2 is 2.05 bits per heavy atom. The summed E-state index contributed by atoms with van der Waals surface area (Å²) in [6, 6.07) is 12.0. The second-order valence-corrected chi connectivity index (χ2v) is 4.56. The van der Waals surface area contributed by atoms with Crippen molar-refractivity contribution in [1.82, 2.24) is 9.78 Å². The molecule has 0 spiro atoms. The molecule has 4 nitrogen and oxygen atoms in total. The van der Waals surface area contributed by atoms with Crippen LogP contribution in [0.5, 0.6) is 5.75 Å². The lowest BCUT2D eigenvalue weighted by atomic mass is 10.2. The van der Waals surface area contributed by atoms with Gasteiger partial charge in [0, 0.05) is 18.5 Å². The first kappa shape index (κ1) is 12.5. The van der Waals surface area contributed by atoms with Gasteiger partial charge in [0.25, 0.3) is 0 Å². The molecule has 0 radical (unpaired) electrons. The lowest BCUT2D eigenvalue weighted by Gasteiger charge is -2.07. The van der Waals surface area contributed by atoms with E-state index in [-0.39, 0.29) is 18.1 Å². The van der Waals surface area contributed by atoms with Crippen molar-refractivity contribution in [3.05, 3.63) is 54.0 Å². The lowest BCUT2D eigenvalue weighted by molar-refractivity contribution is 0.302. The maximum atomic E-state index is 13.0. The highest BCUT2D eigenvalue weighted by atomic mass is 19.1. The van der Waals surface area contributed by atoms with Crippen molar-refractivity contribution in [2.75, 3.05) is 5.73 Å². The minimum atomic E-state index is -0.377. The zero-order valence-electron chi connectivity index (χ0n) is 11.0. The number of nitrogens with two attached hydrogens (primary N) is 1. The predicted octanol–water partition coefficient (Wildman–Crippen LogP) is 2.87. The highest BCUT2D eigenvalue weighted by Crippen LogP contribution is 2.24. The molecule has 0 aliphatic carbocycles. The van der Waals surface area contributed by atoms with Crippen LogP contribution in [0.4, 0.5) is 10.1 Å². The second kappa shape index (κ2) is 4.85. The Bertz CT molecular complexity index is 767. The van der Waals surface area contributed by atoms with Crippen LogP contribution in [-0.4, -0.2) is 9.78 Å². The summed E-state index contributed by atoms with van der Waals surface area (Å²) in [6.45, 7) is 0.289. The highest BCUT2D eigenvalue weighted by Gasteiger charge is 2.09. The van der Waals surface area contributed by atoms with Gasteiger partial charge in [-0.15, -0.1) is 0 Å². The van der Waals surface area contributed by atoms with E-state index in [1.165, 1.54) is 18.2 Å². The standard InChI is InChI=1S/C15H14FN3O/c1-19-14-5-3-2-4-11(14)13(18-19)9-20-15-7-6-10(16)8-12(15)17/h2-8H,9,17H2,1H3. The van der Waals surface area contributed by atoms with Crippen LogP contribution in [0.2, 0.25) is 0 Å².